The third kappa shape index (κ3) is 6.40. The van der Waals surface area contributed by atoms with Gasteiger partial charge in [-0.15, -0.1) is 11.3 Å². The maximum atomic E-state index is 13.7. The van der Waals surface area contributed by atoms with Crippen LogP contribution in [0.25, 0.3) is 41.7 Å². The van der Waals surface area contributed by atoms with Crippen LogP contribution in [0.4, 0.5) is 4.79 Å². The highest BCUT2D eigenvalue weighted by Gasteiger charge is 2.22. The summed E-state index contributed by atoms with van der Waals surface area (Å²) in [6.07, 6.45) is 3.61. The number of amides is 2. The van der Waals surface area contributed by atoms with Crippen LogP contribution in [0, 0.1) is 0 Å². The Labute approximate surface area is 256 Å². The van der Waals surface area contributed by atoms with Crippen molar-refractivity contribution in [2.24, 2.45) is 0 Å². The maximum Gasteiger partial charge on any atom is 0.407 e. The van der Waals surface area contributed by atoms with Gasteiger partial charge in [-0.05, 0) is 57.7 Å². The fourth-order valence-corrected chi connectivity index (χ4v) is 6.60. The molecule has 1 aromatic heterocycles. The average Bonchev–Trinajstić information content (AvgIpc) is 3.40. The highest BCUT2D eigenvalue weighted by molar-refractivity contribution is 7.25. The first-order valence-corrected chi connectivity index (χ1v) is 15.6. The third-order valence-electron chi connectivity index (χ3n) is 7.50. The second-order valence-corrected chi connectivity index (χ2v) is 13.0. The molecule has 1 heterocycles. The smallest absolute Gasteiger partial charge is 0.407 e. The Morgan fingerprint density at radius 2 is 1.25 bits per heavy atom. The largest absolute Gasteiger partial charge is 0.444 e. The van der Waals surface area contributed by atoms with Gasteiger partial charge < -0.3 is 15.4 Å². The molecule has 44 heavy (non-hydrogen) atoms. The van der Waals surface area contributed by atoms with Crippen LogP contribution in [-0.4, -0.2) is 30.7 Å². The number of carbonyl (C=O) groups is 2. The van der Waals surface area contributed by atoms with Crippen molar-refractivity contribution in [2.45, 2.75) is 64.9 Å². The summed E-state index contributed by atoms with van der Waals surface area (Å²) < 4.78 is 5.44. The molecule has 2 amide bonds. The molecular weight excluding hydrogens is 580 g/mol. The van der Waals surface area contributed by atoms with Crippen molar-refractivity contribution in [1.82, 2.24) is 10.6 Å². The Hall–Kier alpha value is -4.44. The highest BCUT2D eigenvalue weighted by atomic mass is 32.1. The summed E-state index contributed by atoms with van der Waals surface area (Å²) in [5, 5.41) is 6.57. The summed E-state index contributed by atoms with van der Waals surface area (Å²) in [6.45, 7) is 6.52. The molecule has 10 heteroatoms. The van der Waals surface area contributed by atoms with Gasteiger partial charge in [0.25, 0.3) is 0 Å². The quantitative estimate of drug-likeness (QED) is 0.216. The van der Waals surface area contributed by atoms with Crippen molar-refractivity contribution in [2.75, 3.05) is 13.1 Å². The monoisotopic (exact) mass is 614 g/mol. The second-order valence-electron chi connectivity index (χ2n) is 11.9. The SMILES string of the molecule is CC(C)(C)OC(=O)NCCCCCCNC(=O)CCc1ccc2c(=O)c3sc4c(=O)c5ccccc5c(=O)c4c3c(=O)c2c1. The molecule has 0 unspecified atom stereocenters. The molecule has 0 aliphatic carbocycles. The molecule has 5 aromatic rings. The number of alkyl carbamates (subject to hydrolysis) is 1. The van der Waals surface area contributed by atoms with Crippen molar-refractivity contribution in [3.63, 3.8) is 0 Å². The molecule has 0 aliphatic rings. The molecule has 0 saturated heterocycles. The van der Waals surface area contributed by atoms with E-state index in [9.17, 15) is 28.8 Å². The third-order valence-corrected chi connectivity index (χ3v) is 8.69. The molecule has 5 rings (SSSR count). The van der Waals surface area contributed by atoms with E-state index in [0.29, 0.717) is 19.5 Å². The van der Waals surface area contributed by atoms with Gasteiger partial charge in [0.1, 0.15) is 5.60 Å². The van der Waals surface area contributed by atoms with E-state index in [0.717, 1.165) is 42.6 Å². The minimum Gasteiger partial charge on any atom is -0.444 e. The summed E-state index contributed by atoms with van der Waals surface area (Å²) in [4.78, 5) is 77.7. The fourth-order valence-electron chi connectivity index (χ4n) is 5.39. The van der Waals surface area contributed by atoms with Crippen molar-refractivity contribution in [3.8, 4) is 0 Å². The van der Waals surface area contributed by atoms with Gasteiger partial charge >= 0.3 is 6.09 Å². The number of aryl methyl sites for hydroxylation is 1. The van der Waals surface area contributed by atoms with Gasteiger partial charge in [-0.3, -0.25) is 24.0 Å². The van der Waals surface area contributed by atoms with Gasteiger partial charge in [0.15, 0.2) is 10.9 Å². The summed E-state index contributed by atoms with van der Waals surface area (Å²) in [5.41, 5.74) is -1.43. The number of unbranched alkanes of at least 4 members (excludes halogenated alkanes) is 3. The van der Waals surface area contributed by atoms with Crippen molar-refractivity contribution >= 4 is 65.1 Å². The number of nitrogens with one attached hydrogen (secondary N) is 2. The van der Waals surface area contributed by atoms with Crippen LogP contribution < -0.4 is 32.3 Å². The lowest BCUT2D eigenvalue weighted by Gasteiger charge is -2.19. The first-order chi connectivity index (χ1) is 21.0. The van der Waals surface area contributed by atoms with Gasteiger partial charge in [-0.25, -0.2) is 4.79 Å². The van der Waals surface area contributed by atoms with Crippen molar-refractivity contribution < 1.29 is 14.3 Å². The number of thiophene rings is 1. The Kier molecular flexibility index (Phi) is 8.92. The Balaban J connectivity index is 1.21. The highest BCUT2D eigenvalue weighted by Crippen LogP contribution is 2.29. The zero-order valence-electron chi connectivity index (χ0n) is 25.0. The number of hydrogen-bond donors (Lipinski definition) is 2. The number of fused-ring (bicyclic) bond motifs is 5. The first kappa shape index (κ1) is 31.0. The van der Waals surface area contributed by atoms with Gasteiger partial charge in [0.2, 0.25) is 16.8 Å². The minimum atomic E-state index is -0.523. The fraction of sp³-hybridized carbons (Fsp3) is 0.353. The van der Waals surface area contributed by atoms with E-state index in [2.05, 4.69) is 10.6 Å². The lowest BCUT2D eigenvalue weighted by Crippen LogP contribution is -2.33. The van der Waals surface area contributed by atoms with E-state index in [1.54, 1.807) is 42.5 Å². The molecule has 4 aromatic carbocycles. The predicted molar refractivity (Wildman–Crippen MR) is 176 cm³/mol. The summed E-state index contributed by atoms with van der Waals surface area (Å²) >= 11 is 0.909. The Morgan fingerprint density at radius 3 is 1.86 bits per heavy atom. The summed E-state index contributed by atoms with van der Waals surface area (Å²) in [7, 11) is 0. The number of rotatable bonds is 10. The van der Waals surface area contributed by atoms with Gasteiger partial charge in [0.05, 0.1) is 20.2 Å². The van der Waals surface area contributed by atoms with Gasteiger partial charge in [-0.1, -0.05) is 43.2 Å². The number of ether oxygens (including phenoxy) is 1. The van der Waals surface area contributed by atoms with Gasteiger partial charge in [0, 0.05) is 41.1 Å². The van der Waals surface area contributed by atoms with E-state index < -0.39 is 22.6 Å². The lowest BCUT2D eigenvalue weighted by atomic mass is 9.99. The lowest BCUT2D eigenvalue weighted by molar-refractivity contribution is -0.121. The first-order valence-electron chi connectivity index (χ1n) is 14.8. The zero-order chi connectivity index (χ0) is 31.6. The number of hydrogen-bond acceptors (Lipinski definition) is 8. The van der Waals surface area contributed by atoms with Crippen LogP contribution >= 0.6 is 11.3 Å². The van der Waals surface area contributed by atoms with E-state index in [1.165, 1.54) is 0 Å². The van der Waals surface area contributed by atoms with Crippen LogP contribution in [0.3, 0.4) is 0 Å². The Bertz CT molecular complexity index is 2120. The van der Waals surface area contributed by atoms with Crippen LogP contribution in [-0.2, 0) is 16.0 Å². The maximum absolute atomic E-state index is 13.7. The normalized spacial score (nSPS) is 11.9. The molecule has 0 saturated carbocycles. The number of benzene rings is 4. The zero-order valence-corrected chi connectivity index (χ0v) is 25.8. The molecule has 0 atom stereocenters. The van der Waals surface area contributed by atoms with Crippen molar-refractivity contribution in [1.29, 1.82) is 0 Å². The molecule has 9 nitrogen and oxygen atoms in total. The number of carbonyl (C=O) groups excluding carboxylic acids is 2. The molecule has 2 N–H and O–H groups in total. The average molecular weight is 615 g/mol. The van der Waals surface area contributed by atoms with E-state index in [-0.39, 0.29) is 64.9 Å². The topological polar surface area (TPSA) is 136 Å². The molecule has 228 valence electrons. The van der Waals surface area contributed by atoms with E-state index >= 15 is 0 Å². The van der Waals surface area contributed by atoms with E-state index in [1.807, 2.05) is 20.8 Å². The molecular formula is C34H34N2O7S. The van der Waals surface area contributed by atoms with E-state index in [4.69, 9.17) is 4.74 Å². The van der Waals surface area contributed by atoms with Crippen LogP contribution in [0.5, 0.6) is 0 Å². The van der Waals surface area contributed by atoms with Crippen LogP contribution in [0.15, 0.2) is 61.6 Å². The minimum absolute atomic E-state index is 0.00543. The van der Waals surface area contributed by atoms with Crippen LogP contribution in [0.1, 0.15) is 58.4 Å². The molecule has 0 spiro atoms. The molecule has 0 aliphatic heterocycles. The van der Waals surface area contributed by atoms with Crippen LogP contribution in [0.2, 0.25) is 0 Å². The standard InChI is InChI=1S/C34H34N2O7S/c1-34(2,3)43-33(42)36-17-9-5-4-8-16-35-24(37)15-13-19-12-14-22-23(18-19)28(39)26-25-27(38)20-10-6-7-11-21(20)29(40)31(25)44-32(26)30(22)41/h6-7,10-12,14,18H,4-5,8-9,13,15-17H2,1-3H3,(H,35,37)(H,36,42). The Morgan fingerprint density at radius 1 is 0.705 bits per heavy atom. The molecule has 0 fully saturated rings. The van der Waals surface area contributed by atoms with Gasteiger partial charge in [-0.2, -0.15) is 0 Å². The van der Waals surface area contributed by atoms with Crippen molar-refractivity contribution in [3.05, 3.63) is 88.9 Å². The molecule has 0 bridgehead atoms. The summed E-state index contributed by atoms with van der Waals surface area (Å²) in [5.74, 6) is -0.117. The second kappa shape index (κ2) is 12.7. The predicted octanol–water partition coefficient (Wildman–Crippen LogP) is 4.81. The molecule has 0 radical (unpaired) electrons. The summed E-state index contributed by atoms with van der Waals surface area (Å²) in [6, 6.07) is 11.4.